The third-order valence-electron chi connectivity index (χ3n) is 6.05. The first-order valence-corrected chi connectivity index (χ1v) is 11.9. The number of amides is 2. The lowest BCUT2D eigenvalue weighted by Crippen LogP contribution is -2.76. The van der Waals surface area contributed by atoms with Crippen LogP contribution in [0.25, 0.3) is 0 Å². The normalized spacial score (nSPS) is 24.2. The number of hydrogen-bond acceptors (Lipinski definition) is 8. The molecule has 0 aliphatic carbocycles. The van der Waals surface area contributed by atoms with Gasteiger partial charge in [-0.2, -0.15) is 0 Å². The topological polar surface area (TPSA) is 111 Å². The average Bonchev–Trinajstić information content (AvgIpc) is 3.09. The number of ketones is 1. The number of methoxy groups -OCH3 is 1. The van der Waals surface area contributed by atoms with Crippen LogP contribution in [0.15, 0.2) is 60.7 Å². The third-order valence-corrected chi connectivity index (χ3v) is 7.64. The minimum absolute atomic E-state index is 0.256. The molecular formula is C25H26N2O7S. The van der Waals surface area contributed by atoms with Crippen LogP contribution in [-0.4, -0.2) is 70.7 Å². The number of para-hydroxylation sites is 1. The van der Waals surface area contributed by atoms with E-state index in [1.54, 1.807) is 68.4 Å². The maximum absolute atomic E-state index is 13.3. The van der Waals surface area contributed by atoms with Gasteiger partial charge in [0.2, 0.25) is 0 Å². The molecule has 1 N–H and O–H groups in total. The van der Waals surface area contributed by atoms with Crippen molar-refractivity contribution >= 4 is 35.3 Å². The molecule has 2 heterocycles. The summed E-state index contributed by atoms with van der Waals surface area (Å²) < 4.78 is 15.5. The first kappa shape index (κ1) is 24.7. The van der Waals surface area contributed by atoms with E-state index in [9.17, 15) is 19.2 Å². The number of carbonyl (C=O) groups is 4. The smallest absolute Gasteiger partial charge is 0.362 e. The quantitative estimate of drug-likeness (QED) is 0.318. The lowest BCUT2D eigenvalue weighted by atomic mass is 9.91. The van der Waals surface area contributed by atoms with Crippen molar-refractivity contribution in [3.05, 3.63) is 66.2 Å². The zero-order chi connectivity index (χ0) is 25.2. The van der Waals surface area contributed by atoms with Gasteiger partial charge in [0.15, 0.2) is 19.0 Å². The summed E-state index contributed by atoms with van der Waals surface area (Å²) in [5.74, 6) is -1.61. The highest BCUT2D eigenvalue weighted by atomic mass is 32.2. The molecule has 0 bridgehead atoms. The molecule has 2 aromatic carbocycles. The number of fused-ring (bicyclic) bond motifs is 1. The highest BCUT2D eigenvalue weighted by Crippen LogP contribution is 2.57. The number of β-lactam (4-membered cyclic amide) rings is 1. The van der Waals surface area contributed by atoms with Gasteiger partial charge in [0, 0.05) is 12.7 Å². The number of thioether (sulfide) groups is 1. The lowest BCUT2D eigenvalue weighted by Gasteiger charge is -2.49. The number of ether oxygens (including phenoxy) is 3. The van der Waals surface area contributed by atoms with E-state index in [-0.39, 0.29) is 12.4 Å². The molecule has 35 heavy (non-hydrogen) atoms. The van der Waals surface area contributed by atoms with Crippen LogP contribution in [0.4, 0.5) is 0 Å². The van der Waals surface area contributed by atoms with Crippen molar-refractivity contribution in [1.82, 2.24) is 10.2 Å². The molecule has 0 unspecified atom stereocenters. The number of hydrogen-bond donors (Lipinski definition) is 1. The molecule has 0 aromatic heterocycles. The summed E-state index contributed by atoms with van der Waals surface area (Å²) in [7, 11) is 1.32. The highest BCUT2D eigenvalue weighted by molar-refractivity contribution is 8.01. The Kier molecular flexibility index (Phi) is 6.86. The van der Waals surface area contributed by atoms with E-state index in [4.69, 9.17) is 14.2 Å². The molecule has 2 amide bonds. The summed E-state index contributed by atoms with van der Waals surface area (Å²) in [6, 6.07) is 16.5. The van der Waals surface area contributed by atoms with Crippen LogP contribution in [-0.2, 0) is 23.9 Å². The second-order valence-corrected chi connectivity index (χ2v) is 10.3. The molecule has 0 radical (unpaired) electrons. The minimum Gasteiger partial charge on any atom is -0.484 e. The average molecular weight is 499 g/mol. The number of Topliss-reactive ketones (excluding diaryl/α,β-unsaturated/α-hetero) is 1. The first-order valence-electron chi connectivity index (χ1n) is 11.0. The standard InChI is InChI=1S/C25H26N2O7S/c1-24(2)25(32-3,23(31)34-14-18(28)16-10-6-4-7-11-16)27-21(30)20(22(27)35-24)26-19(29)15-33-17-12-8-5-9-13-17/h4-13,20,22H,14-15H2,1-3H3,(H,26,29)/t20-,22+,25+/m0/s1. The van der Waals surface area contributed by atoms with Gasteiger partial charge in [0.05, 0.1) is 4.75 Å². The summed E-state index contributed by atoms with van der Waals surface area (Å²) in [6.07, 6.45) is 0. The molecule has 2 saturated heterocycles. The monoisotopic (exact) mass is 498 g/mol. The minimum atomic E-state index is -1.75. The van der Waals surface area contributed by atoms with E-state index in [2.05, 4.69) is 5.32 Å². The predicted molar refractivity (Wildman–Crippen MR) is 128 cm³/mol. The molecule has 3 atom stereocenters. The molecule has 2 aliphatic heterocycles. The molecule has 2 aromatic rings. The molecule has 0 saturated carbocycles. The van der Waals surface area contributed by atoms with Crippen molar-refractivity contribution in [1.29, 1.82) is 0 Å². The van der Waals surface area contributed by atoms with E-state index in [1.165, 1.54) is 23.8 Å². The second-order valence-electron chi connectivity index (χ2n) is 8.59. The van der Waals surface area contributed by atoms with Crippen molar-refractivity contribution < 1.29 is 33.4 Å². The number of nitrogens with one attached hydrogen (secondary N) is 1. The van der Waals surface area contributed by atoms with Crippen molar-refractivity contribution in [3.63, 3.8) is 0 Å². The van der Waals surface area contributed by atoms with Crippen LogP contribution in [0.1, 0.15) is 24.2 Å². The third kappa shape index (κ3) is 4.39. The molecular weight excluding hydrogens is 472 g/mol. The van der Waals surface area contributed by atoms with E-state index in [0.29, 0.717) is 11.3 Å². The van der Waals surface area contributed by atoms with E-state index in [0.717, 1.165) is 0 Å². The van der Waals surface area contributed by atoms with Gasteiger partial charge in [-0.15, -0.1) is 11.8 Å². The maximum Gasteiger partial charge on any atom is 0.362 e. The van der Waals surface area contributed by atoms with Gasteiger partial charge in [0.25, 0.3) is 17.5 Å². The van der Waals surface area contributed by atoms with Crippen molar-refractivity contribution in [3.8, 4) is 5.75 Å². The summed E-state index contributed by atoms with van der Waals surface area (Å²) in [5.41, 5.74) is -1.34. The van der Waals surface area contributed by atoms with E-state index >= 15 is 0 Å². The largest absolute Gasteiger partial charge is 0.484 e. The Morgan fingerprint density at radius 2 is 1.63 bits per heavy atom. The molecule has 9 nitrogen and oxygen atoms in total. The summed E-state index contributed by atoms with van der Waals surface area (Å²) >= 11 is 1.32. The maximum atomic E-state index is 13.3. The van der Waals surface area contributed by atoms with Gasteiger partial charge in [-0.3, -0.25) is 19.3 Å². The van der Waals surface area contributed by atoms with Gasteiger partial charge >= 0.3 is 5.97 Å². The predicted octanol–water partition coefficient (Wildman–Crippen LogP) is 2.01. The van der Waals surface area contributed by atoms with Crippen molar-refractivity contribution in [2.24, 2.45) is 0 Å². The lowest BCUT2D eigenvalue weighted by molar-refractivity contribution is -0.215. The zero-order valence-corrected chi connectivity index (χ0v) is 20.4. The Bertz CT molecular complexity index is 1130. The number of carbonyl (C=O) groups excluding carboxylic acids is 4. The number of esters is 1. The Labute approximate surface area is 207 Å². The molecule has 2 aliphatic rings. The van der Waals surface area contributed by atoms with Crippen LogP contribution in [0.3, 0.4) is 0 Å². The Morgan fingerprint density at radius 1 is 1.00 bits per heavy atom. The fourth-order valence-corrected chi connectivity index (χ4v) is 6.02. The number of rotatable bonds is 9. The van der Waals surface area contributed by atoms with Crippen LogP contribution in [0.5, 0.6) is 5.75 Å². The molecule has 0 spiro atoms. The van der Waals surface area contributed by atoms with Crippen LogP contribution >= 0.6 is 11.8 Å². The molecule has 10 heteroatoms. The van der Waals surface area contributed by atoms with Crippen molar-refractivity contribution in [2.75, 3.05) is 20.3 Å². The van der Waals surface area contributed by atoms with Gasteiger partial charge in [-0.25, -0.2) is 4.79 Å². The number of benzene rings is 2. The molecule has 4 rings (SSSR count). The Morgan fingerprint density at radius 3 is 2.26 bits per heavy atom. The van der Waals surface area contributed by atoms with Crippen molar-refractivity contribution in [2.45, 2.75) is 35.7 Å². The van der Waals surface area contributed by atoms with Crippen LogP contribution < -0.4 is 10.1 Å². The van der Waals surface area contributed by atoms with E-state index in [1.807, 2.05) is 6.07 Å². The van der Waals surface area contributed by atoms with E-state index < -0.39 is 46.3 Å². The Hall–Kier alpha value is -3.37. The highest BCUT2D eigenvalue weighted by Gasteiger charge is 2.74. The zero-order valence-electron chi connectivity index (χ0n) is 19.6. The SMILES string of the molecule is CO[C@@]1(C(=O)OCC(=O)c2ccccc2)N2C(=O)[C@H](NC(=O)COc3ccccc3)[C@H]2SC1(C)C. The summed E-state index contributed by atoms with van der Waals surface area (Å²) in [4.78, 5) is 52.5. The van der Waals surface area contributed by atoms with Gasteiger partial charge in [-0.1, -0.05) is 48.5 Å². The van der Waals surface area contributed by atoms with Gasteiger partial charge in [-0.05, 0) is 26.0 Å². The molecule has 2 fully saturated rings. The Balaban J connectivity index is 1.42. The fraction of sp³-hybridized carbons (Fsp3) is 0.360. The van der Waals surface area contributed by atoms with Gasteiger partial charge in [0.1, 0.15) is 17.2 Å². The van der Waals surface area contributed by atoms with Crippen LogP contribution in [0.2, 0.25) is 0 Å². The van der Waals surface area contributed by atoms with Gasteiger partial charge < -0.3 is 19.5 Å². The second kappa shape index (κ2) is 9.71. The van der Waals surface area contributed by atoms with Crippen LogP contribution in [0, 0.1) is 0 Å². The summed E-state index contributed by atoms with van der Waals surface area (Å²) in [6.45, 7) is 2.76. The first-order chi connectivity index (χ1) is 16.7. The number of nitrogens with zero attached hydrogens (tertiary/aromatic N) is 1. The molecule has 184 valence electrons. The fourth-order valence-electron chi connectivity index (χ4n) is 4.31. The summed E-state index contributed by atoms with van der Waals surface area (Å²) in [5, 5.41) is 2.13.